The van der Waals surface area contributed by atoms with Crippen LogP contribution in [0.15, 0.2) is 36.4 Å². The molecule has 0 saturated carbocycles. The monoisotopic (exact) mass is 269 g/mol. The van der Waals surface area contributed by atoms with Gasteiger partial charge in [-0.25, -0.2) is 4.39 Å². The number of unbranched alkanes of at least 4 members (excludes halogenated alkanes) is 1. The van der Waals surface area contributed by atoms with Gasteiger partial charge in [0.2, 0.25) is 0 Å². The van der Waals surface area contributed by atoms with Gasteiger partial charge in [-0.15, -0.1) is 0 Å². The fourth-order valence-electron chi connectivity index (χ4n) is 2.06. The number of hydrogen-bond donors (Lipinski definition) is 1. The lowest BCUT2D eigenvalue weighted by Crippen LogP contribution is -2.20. The zero-order valence-electron chi connectivity index (χ0n) is 11.6. The normalized spacial score (nSPS) is 24.1. The van der Waals surface area contributed by atoms with Gasteiger partial charge in [-0.1, -0.05) is 6.58 Å². The second-order valence-corrected chi connectivity index (χ2v) is 4.72. The number of allylic oxidation sites excluding steroid dienone is 4. The maximum atomic E-state index is 13.3. The Morgan fingerprint density at radius 1 is 1.42 bits per heavy atom. The predicted molar refractivity (Wildman–Crippen MR) is 75.3 cm³/mol. The van der Waals surface area contributed by atoms with Crippen LogP contribution in [0.2, 0.25) is 0 Å². The second-order valence-electron chi connectivity index (χ2n) is 4.72. The molecule has 0 amide bonds. The molecule has 2 atom stereocenters. The molecule has 1 aliphatic rings. The van der Waals surface area contributed by atoms with E-state index >= 15 is 0 Å². The Bertz CT molecular complexity index is 339. The minimum atomic E-state index is -0.259. The third-order valence-corrected chi connectivity index (χ3v) is 3.22. The van der Waals surface area contributed by atoms with Crippen molar-refractivity contribution in [2.75, 3.05) is 13.7 Å². The SMILES string of the molecule is C=C(/C=C\C(F)=C/CCCC1CC[C@@H](CN)O1)OC. The molecule has 1 unspecified atom stereocenters. The summed E-state index contributed by atoms with van der Waals surface area (Å²) in [6.45, 7) is 4.18. The summed E-state index contributed by atoms with van der Waals surface area (Å²) in [5.41, 5.74) is 5.55. The van der Waals surface area contributed by atoms with E-state index in [2.05, 4.69) is 6.58 Å². The molecular formula is C15H24FNO2. The first kappa shape index (κ1) is 15.9. The standard InChI is InChI=1S/C15H24FNO2/c1-12(18-2)7-8-13(16)5-3-4-6-14-9-10-15(11-17)19-14/h5,7-8,14-15H,1,3-4,6,9-11,17H2,2H3/b8-7-,13-5+/t14?,15-/m0/s1. The quantitative estimate of drug-likeness (QED) is 0.418. The number of ether oxygens (including phenoxy) is 2. The molecule has 0 radical (unpaired) electrons. The Kier molecular flexibility index (Phi) is 7.45. The van der Waals surface area contributed by atoms with Gasteiger partial charge in [0.1, 0.15) is 11.6 Å². The van der Waals surface area contributed by atoms with Gasteiger partial charge in [-0.05, 0) is 50.3 Å². The van der Waals surface area contributed by atoms with Crippen molar-refractivity contribution in [1.29, 1.82) is 0 Å². The van der Waals surface area contributed by atoms with E-state index in [1.165, 1.54) is 19.3 Å². The molecule has 0 bridgehead atoms. The van der Waals surface area contributed by atoms with Gasteiger partial charge in [0, 0.05) is 6.54 Å². The summed E-state index contributed by atoms with van der Waals surface area (Å²) in [5.74, 6) is 0.182. The van der Waals surface area contributed by atoms with Gasteiger partial charge in [0.15, 0.2) is 0 Å². The lowest BCUT2D eigenvalue weighted by molar-refractivity contribution is 0.0446. The van der Waals surface area contributed by atoms with Gasteiger partial charge < -0.3 is 15.2 Å². The van der Waals surface area contributed by atoms with Crippen LogP contribution in [-0.2, 0) is 9.47 Å². The summed E-state index contributed by atoms with van der Waals surface area (Å²) in [6.07, 6.45) is 9.70. The predicted octanol–water partition coefficient (Wildman–Crippen LogP) is 3.23. The highest BCUT2D eigenvalue weighted by atomic mass is 19.1. The van der Waals surface area contributed by atoms with Crippen molar-refractivity contribution < 1.29 is 13.9 Å². The number of methoxy groups -OCH3 is 1. The second kappa shape index (κ2) is 8.88. The van der Waals surface area contributed by atoms with Crippen LogP contribution in [0.25, 0.3) is 0 Å². The van der Waals surface area contributed by atoms with Gasteiger partial charge in [-0.2, -0.15) is 0 Å². The van der Waals surface area contributed by atoms with E-state index < -0.39 is 0 Å². The molecule has 0 spiro atoms. The molecule has 19 heavy (non-hydrogen) atoms. The average molecular weight is 269 g/mol. The molecule has 0 aromatic rings. The number of halogens is 1. The van der Waals surface area contributed by atoms with Crippen molar-refractivity contribution in [3.05, 3.63) is 36.4 Å². The Morgan fingerprint density at radius 3 is 2.79 bits per heavy atom. The topological polar surface area (TPSA) is 44.5 Å². The molecule has 1 rings (SSSR count). The van der Waals surface area contributed by atoms with Crippen LogP contribution in [0.3, 0.4) is 0 Å². The molecule has 1 fully saturated rings. The van der Waals surface area contributed by atoms with Crippen molar-refractivity contribution in [1.82, 2.24) is 0 Å². The molecule has 0 aromatic carbocycles. The minimum Gasteiger partial charge on any atom is -0.497 e. The summed E-state index contributed by atoms with van der Waals surface area (Å²) in [7, 11) is 1.50. The zero-order valence-corrected chi connectivity index (χ0v) is 11.6. The van der Waals surface area contributed by atoms with Crippen molar-refractivity contribution in [3.63, 3.8) is 0 Å². The number of nitrogens with two attached hydrogens (primary N) is 1. The number of rotatable bonds is 8. The fourth-order valence-corrected chi connectivity index (χ4v) is 2.06. The number of hydrogen-bond acceptors (Lipinski definition) is 3. The summed E-state index contributed by atoms with van der Waals surface area (Å²) in [4.78, 5) is 0. The van der Waals surface area contributed by atoms with Gasteiger partial charge >= 0.3 is 0 Å². The molecule has 0 aliphatic carbocycles. The largest absolute Gasteiger partial charge is 0.497 e. The van der Waals surface area contributed by atoms with Crippen molar-refractivity contribution in [2.24, 2.45) is 5.73 Å². The van der Waals surface area contributed by atoms with E-state index in [9.17, 15) is 4.39 Å². The smallest absolute Gasteiger partial charge is 0.119 e. The van der Waals surface area contributed by atoms with Crippen LogP contribution in [0.5, 0.6) is 0 Å². The van der Waals surface area contributed by atoms with Gasteiger partial charge in [0.25, 0.3) is 0 Å². The lowest BCUT2D eigenvalue weighted by Gasteiger charge is -2.11. The Hall–Kier alpha value is -1.13. The fraction of sp³-hybridized carbons (Fsp3) is 0.600. The van der Waals surface area contributed by atoms with Crippen molar-refractivity contribution in [3.8, 4) is 0 Å². The average Bonchev–Trinajstić information content (AvgIpc) is 2.88. The zero-order chi connectivity index (χ0) is 14.1. The van der Waals surface area contributed by atoms with Crippen LogP contribution in [0.1, 0.15) is 32.1 Å². The molecule has 4 heteroatoms. The van der Waals surface area contributed by atoms with Crippen LogP contribution in [-0.4, -0.2) is 25.9 Å². The molecule has 2 N–H and O–H groups in total. The maximum absolute atomic E-state index is 13.3. The lowest BCUT2D eigenvalue weighted by atomic mass is 10.1. The first-order valence-corrected chi connectivity index (χ1v) is 6.78. The van der Waals surface area contributed by atoms with Crippen LogP contribution in [0.4, 0.5) is 4.39 Å². The van der Waals surface area contributed by atoms with Crippen LogP contribution >= 0.6 is 0 Å². The van der Waals surface area contributed by atoms with Crippen LogP contribution in [0, 0.1) is 0 Å². The van der Waals surface area contributed by atoms with Crippen molar-refractivity contribution in [2.45, 2.75) is 44.3 Å². The highest BCUT2D eigenvalue weighted by Gasteiger charge is 2.23. The first-order chi connectivity index (χ1) is 9.15. The summed E-state index contributed by atoms with van der Waals surface area (Å²) < 4.78 is 23.9. The Morgan fingerprint density at radius 2 is 2.16 bits per heavy atom. The van der Waals surface area contributed by atoms with E-state index in [1.54, 1.807) is 6.08 Å². The van der Waals surface area contributed by atoms with E-state index in [0.29, 0.717) is 24.8 Å². The summed E-state index contributed by atoms with van der Waals surface area (Å²) in [5, 5.41) is 0. The molecular weight excluding hydrogens is 245 g/mol. The summed E-state index contributed by atoms with van der Waals surface area (Å²) >= 11 is 0. The molecule has 3 nitrogen and oxygen atoms in total. The van der Waals surface area contributed by atoms with E-state index in [0.717, 1.165) is 25.7 Å². The minimum absolute atomic E-state index is 0.222. The molecule has 0 aromatic heterocycles. The highest BCUT2D eigenvalue weighted by molar-refractivity contribution is 5.18. The third kappa shape index (κ3) is 6.55. The molecule has 1 heterocycles. The van der Waals surface area contributed by atoms with Crippen LogP contribution < -0.4 is 5.73 Å². The van der Waals surface area contributed by atoms with Gasteiger partial charge in [0.05, 0.1) is 19.3 Å². The third-order valence-electron chi connectivity index (χ3n) is 3.22. The van der Waals surface area contributed by atoms with Crippen molar-refractivity contribution >= 4 is 0 Å². The Labute approximate surface area is 115 Å². The summed E-state index contributed by atoms with van der Waals surface area (Å²) in [6, 6.07) is 0. The highest BCUT2D eigenvalue weighted by Crippen LogP contribution is 2.23. The molecule has 108 valence electrons. The maximum Gasteiger partial charge on any atom is 0.119 e. The van der Waals surface area contributed by atoms with E-state index in [-0.39, 0.29) is 11.9 Å². The van der Waals surface area contributed by atoms with E-state index in [1.807, 2.05) is 0 Å². The first-order valence-electron chi connectivity index (χ1n) is 6.78. The Balaban J connectivity index is 2.16. The molecule has 1 aliphatic heterocycles. The van der Waals surface area contributed by atoms with E-state index in [4.69, 9.17) is 15.2 Å². The van der Waals surface area contributed by atoms with Gasteiger partial charge in [-0.3, -0.25) is 0 Å². The molecule has 1 saturated heterocycles.